The van der Waals surface area contributed by atoms with Gasteiger partial charge >= 0.3 is 0 Å². The molecule has 23 heavy (non-hydrogen) atoms. The van der Waals surface area contributed by atoms with Gasteiger partial charge < -0.3 is 15.4 Å². The summed E-state index contributed by atoms with van der Waals surface area (Å²) in [4.78, 5) is 11.8. The van der Waals surface area contributed by atoms with Gasteiger partial charge in [-0.05, 0) is 37.1 Å². The summed E-state index contributed by atoms with van der Waals surface area (Å²) in [6, 6.07) is 8.03. The molecule has 1 amide bonds. The van der Waals surface area contributed by atoms with E-state index in [-0.39, 0.29) is 11.9 Å². The van der Waals surface area contributed by atoms with Crippen LogP contribution in [0.2, 0.25) is 0 Å². The van der Waals surface area contributed by atoms with Gasteiger partial charge in [-0.25, -0.2) is 0 Å². The standard InChI is InChI=1S/C17H22N4O2/c1-3-15-17(22)20-14-6-5-13(11-16(14)23-15)12(2)18-8-10-21-9-4-7-19-21/h4-7,9,11-12,15,18H,3,8,10H2,1-2H3,(H,20,22)/t12-,15-/m0/s1. The van der Waals surface area contributed by atoms with E-state index in [9.17, 15) is 4.79 Å². The Balaban J connectivity index is 1.63. The van der Waals surface area contributed by atoms with E-state index in [0.717, 1.165) is 30.1 Å². The first-order valence-corrected chi connectivity index (χ1v) is 7.99. The maximum atomic E-state index is 11.8. The zero-order valence-corrected chi connectivity index (χ0v) is 13.5. The number of benzene rings is 1. The first-order chi connectivity index (χ1) is 11.2. The molecule has 3 rings (SSSR count). The predicted molar refractivity (Wildman–Crippen MR) is 88.4 cm³/mol. The number of nitrogens with zero attached hydrogens (tertiary/aromatic N) is 2. The van der Waals surface area contributed by atoms with Crippen molar-refractivity contribution in [2.45, 2.75) is 39.0 Å². The van der Waals surface area contributed by atoms with Crippen molar-refractivity contribution >= 4 is 11.6 Å². The van der Waals surface area contributed by atoms with Crippen molar-refractivity contribution in [3.63, 3.8) is 0 Å². The monoisotopic (exact) mass is 314 g/mol. The zero-order valence-electron chi connectivity index (χ0n) is 13.5. The number of carbonyl (C=O) groups excluding carboxylic acids is 1. The molecule has 0 radical (unpaired) electrons. The maximum Gasteiger partial charge on any atom is 0.265 e. The average molecular weight is 314 g/mol. The van der Waals surface area contributed by atoms with Gasteiger partial charge in [0.2, 0.25) is 0 Å². The number of fused-ring (bicyclic) bond motifs is 1. The number of nitrogens with one attached hydrogen (secondary N) is 2. The van der Waals surface area contributed by atoms with Gasteiger partial charge in [-0.2, -0.15) is 5.10 Å². The van der Waals surface area contributed by atoms with Crippen LogP contribution in [0, 0.1) is 0 Å². The lowest BCUT2D eigenvalue weighted by Gasteiger charge is -2.26. The quantitative estimate of drug-likeness (QED) is 0.859. The molecular weight excluding hydrogens is 292 g/mol. The smallest absolute Gasteiger partial charge is 0.265 e. The zero-order chi connectivity index (χ0) is 16.2. The summed E-state index contributed by atoms with van der Waals surface area (Å²) < 4.78 is 7.69. The van der Waals surface area contributed by atoms with Crippen LogP contribution in [-0.4, -0.2) is 28.3 Å². The van der Waals surface area contributed by atoms with Gasteiger partial charge in [-0.1, -0.05) is 13.0 Å². The van der Waals surface area contributed by atoms with Gasteiger partial charge in [0.15, 0.2) is 6.10 Å². The van der Waals surface area contributed by atoms with Gasteiger partial charge in [-0.15, -0.1) is 0 Å². The third kappa shape index (κ3) is 3.53. The van der Waals surface area contributed by atoms with E-state index in [2.05, 4.69) is 22.7 Å². The van der Waals surface area contributed by atoms with Crippen LogP contribution >= 0.6 is 0 Å². The lowest BCUT2D eigenvalue weighted by molar-refractivity contribution is -0.123. The molecule has 1 aromatic carbocycles. The summed E-state index contributed by atoms with van der Waals surface area (Å²) in [6.07, 6.45) is 3.99. The molecule has 6 heteroatoms. The molecule has 2 aromatic rings. The molecule has 1 aromatic heterocycles. The third-order valence-corrected chi connectivity index (χ3v) is 4.05. The number of hydrogen-bond acceptors (Lipinski definition) is 4. The Kier molecular flexibility index (Phi) is 4.62. The van der Waals surface area contributed by atoms with E-state index in [1.165, 1.54) is 0 Å². The summed E-state index contributed by atoms with van der Waals surface area (Å²) in [7, 11) is 0. The van der Waals surface area contributed by atoms with Gasteiger partial charge in [0.05, 0.1) is 12.2 Å². The average Bonchev–Trinajstić information content (AvgIpc) is 3.07. The minimum atomic E-state index is -0.402. The number of amides is 1. The van der Waals surface area contributed by atoms with Gasteiger partial charge in [0.1, 0.15) is 5.75 Å². The maximum absolute atomic E-state index is 11.8. The SMILES string of the molecule is CC[C@@H]1Oc2cc([C@H](C)NCCn3cccn3)ccc2NC1=O. The summed E-state index contributed by atoms with van der Waals surface area (Å²) in [6.45, 7) is 5.71. The van der Waals surface area contributed by atoms with E-state index < -0.39 is 6.10 Å². The number of rotatable bonds is 6. The molecule has 1 aliphatic heterocycles. The second kappa shape index (κ2) is 6.83. The highest BCUT2D eigenvalue weighted by atomic mass is 16.5. The lowest BCUT2D eigenvalue weighted by Crippen LogP contribution is -2.36. The second-order valence-corrected chi connectivity index (χ2v) is 5.70. The van der Waals surface area contributed by atoms with Crippen LogP contribution in [0.5, 0.6) is 5.75 Å². The number of aromatic nitrogens is 2. The highest BCUT2D eigenvalue weighted by molar-refractivity contribution is 5.97. The molecule has 6 nitrogen and oxygen atoms in total. The van der Waals surface area contributed by atoms with Crippen LogP contribution in [0.25, 0.3) is 0 Å². The molecule has 1 aliphatic rings. The molecule has 122 valence electrons. The van der Waals surface area contributed by atoms with Crippen LogP contribution in [0.15, 0.2) is 36.7 Å². The summed E-state index contributed by atoms with van der Waals surface area (Å²) in [5, 5.41) is 10.6. The van der Waals surface area contributed by atoms with E-state index in [0.29, 0.717) is 6.42 Å². The predicted octanol–water partition coefficient (Wildman–Crippen LogP) is 2.34. The molecule has 0 bridgehead atoms. The molecule has 0 saturated carbocycles. The highest BCUT2D eigenvalue weighted by Gasteiger charge is 2.26. The molecule has 0 unspecified atom stereocenters. The number of ether oxygens (including phenoxy) is 1. The van der Waals surface area contributed by atoms with Crippen LogP contribution in [0.4, 0.5) is 5.69 Å². The summed E-state index contributed by atoms with van der Waals surface area (Å²) >= 11 is 0. The normalized spacial score (nSPS) is 18.0. The Morgan fingerprint density at radius 1 is 1.48 bits per heavy atom. The minimum Gasteiger partial charge on any atom is -0.478 e. The van der Waals surface area contributed by atoms with Gasteiger partial charge in [-0.3, -0.25) is 9.48 Å². The van der Waals surface area contributed by atoms with Crippen molar-refractivity contribution in [1.82, 2.24) is 15.1 Å². The number of carbonyl (C=O) groups is 1. The van der Waals surface area contributed by atoms with Crippen LogP contribution in [0.3, 0.4) is 0 Å². The van der Waals surface area contributed by atoms with Crippen LogP contribution in [-0.2, 0) is 11.3 Å². The third-order valence-electron chi connectivity index (χ3n) is 4.05. The molecule has 2 N–H and O–H groups in total. The number of anilines is 1. The van der Waals surface area contributed by atoms with Crippen molar-refractivity contribution < 1.29 is 9.53 Å². The van der Waals surface area contributed by atoms with Crippen LogP contribution < -0.4 is 15.4 Å². The van der Waals surface area contributed by atoms with Crippen molar-refractivity contribution in [2.24, 2.45) is 0 Å². The van der Waals surface area contributed by atoms with E-state index >= 15 is 0 Å². The molecule has 0 saturated heterocycles. The first kappa shape index (κ1) is 15.6. The Hall–Kier alpha value is -2.34. The van der Waals surface area contributed by atoms with Crippen molar-refractivity contribution in [3.05, 3.63) is 42.2 Å². The van der Waals surface area contributed by atoms with E-state index in [1.807, 2.05) is 42.1 Å². The van der Waals surface area contributed by atoms with E-state index in [1.54, 1.807) is 6.20 Å². The number of hydrogen-bond donors (Lipinski definition) is 2. The highest BCUT2D eigenvalue weighted by Crippen LogP contribution is 2.32. The second-order valence-electron chi connectivity index (χ2n) is 5.70. The molecule has 0 aliphatic carbocycles. The largest absolute Gasteiger partial charge is 0.478 e. The van der Waals surface area contributed by atoms with Crippen molar-refractivity contribution in [1.29, 1.82) is 0 Å². The lowest BCUT2D eigenvalue weighted by atomic mass is 10.1. The summed E-state index contributed by atoms with van der Waals surface area (Å²) in [5.74, 6) is 0.674. The molecular formula is C17H22N4O2. The van der Waals surface area contributed by atoms with Gasteiger partial charge in [0.25, 0.3) is 5.91 Å². The first-order valence-electron chi connectivity index (χ1n) is 7.99. The molecule has 2 atom stereocenters. The van der Waals surface area contributed by atoms with Crippen LogP contribution in [0.1, 0.15) is 31.9 Å². The fourth-order valence-electron chi connectivity index (χ4n) is 2.64. The Morgan fingerprint density at radius 3 is 3.09 bits per heavy atom. The van der Waals surface area contributed by atoms with Crippen molar-refractivity contribution in [2.75, 3.05) is 11.9 Å². The topological polar surface area (TPSA) is 68.2 Å². The molecule has 0 fully saturated rings. The molecule has 0 spiro atoms. The summed E-state index contributed by atoms with van der Waals surface area (Å²) in [5.41, 5.74) is 1.88. The fraction of sp³-hybridized carbons (Fsp3) is 0.412. The Morgan fingerprint density at radius 2 is 2.35 bits per heavy atom. The van der Waals surface area contributed by atoms with E-state index in [4.69, 9.17) is 4.74 Å². The molecule has 2 heterocycles. The van der Waals surface area contributed by atoms with Crippen molar-refractivity contribution in [3.8, 4) is 5.75 Å². The fourth-order valence-corrected chi connectivity index (χ4v) is 2.64. The van der Waals surface area contributed by atoms with Gasteiger partial charge in [0, 0.05) is 25.0 Å². The Labute approximate surface area is 135 Å². The minimum absolute atomic E-state index is 0.0712. The Bertz CT molecular complexity index is 669.